The molecule has 2 saturated heterocycles. The summed E-state index contributed by atoms with van der Waals surface area (Å²) in [7, 11) is 1.85. The Balaban J connectivity index is 1.44. The van der Waals surface area contributed by atoms with E-state index in [0.717, 1.165) is 57.2 Å². The van der Waals surface area contributed by atoms with E-state index in [4.69, 9.17) is 4.74 Å². The smallest absolute Gasteiger partial charge is 0.227 e. The molecular formula is C21H35N5O3. The molecule has 0 aromatic carbocycles. The van der Waals surface area contributed by atoms with Crippen LogP contribution >= 0.6 is 0 Å². The minimum absolute atomic E-state index is 0.0958. The number of nitrogens with zero attached hydrogens (tertiary/aromatic N) is 5. The summed E-state index contributed by atoms with van der Waals surface area (Å²) in [6.07, 6.45) is 2.07. The van der Waals surface area contributed by atoms with Gasteiger partial charge in [0.1, 0.15) is 0 Å². The number of rotatable bonds is 8. The molecule has 1 atom stereocenters. The number of carbonyl (C=O) groups excluding carboxylic acids is 2. The molecule has 0 N–H and O–H groups in total. The Kier molecular flexibility index (Phi) is 7.66. The van der Waals surface area contributed by atoms with Gasteiger partial charge in [-0.3, -0.25) is 19.2 Å². The van der Waals surface area contributed by atoms with Gasteiger partial charge in [0.15, 0.2) is 0 Å². The number of aromatic nitrogens is 2. The Labute approximate surface area is 173 Å². The Bertz CT molecular complexity index is 698. The van der Waals surface area contributed by atoms with Crippen molar-refractivity contribution in [2.45, 2.75) is 39.7 Å². The number of amides is 2. The van der Waals surface area contributed by atoms with Gasteiger partial charge in [0.25, 0.3) is 0 Å². The number of ether oxygens (including phenoxy) is 1. The van der Waals surface area contributed by atoms with Crippen LogP contribution in [0.4, 0.5) is 0 Å². The third-order valence-corrected chi connectivity index (χ3v) is 5.98. The summed E-state index contributed by atoms with van der Waals surface area (Å²) in [4.78, 5) is 31.3. The van der Waals surface area contributed by atoms with Crippen molar-refractivity contribution in [1.29, 1.82) is 0 Å². The van der Waals surface area contributed by atoms with Gasteiger partial charge in [-0.15, -0.1) is 0 Å². The van der Waals surface area contributed by atoms with Gasteiger partial charge in [-0.05, 0) is 32.8 Å². The lowest BCUT2D eigenvalue weighted by atomic mass is 9.96. The van der Waals surface area contributed by atoms with Gasteiger partial charge in [-0.25, -0.2) is 0 Å². The first-order valence-electron chi connectivity index (χ1n) is 10.8. The number of hydrogen-bond acceptors (Lipinski definition) is 5. The fourth-order valence-electron chi connectivity index (χ4n) is 4.21. The lowest BCUT2D eigenvalue weighted by Crippen LogP contribution is -2.47. The van der Waals surface area contributed by atoms with Crippen molar-refractivity contribution in [3.8, 4) is 0 Å². The molecule has 3 rings (SSSR count). The summed E-state index contributed by atoms with van der Waals surface area (Å²) in [5.74, 6) is 0.222. The molecular weight excluding hydrogens is 370 g/mol. The minimum Gasteiger partial charge on any atom is -0.379 e. The van der Waals surface area contributed by atoms with E-state index in [1.54, 1.807) is 4.90 Å². The van der Waals surface area contributed by atoms with Crippen LogP contribution in [-0.2, 0) is 20.9 Å². The first kappa shape index (κ1) is 21.8. The van der Waals surface area contributed by atoms with Crippen LogP contribution in [0, 0.1) is 19.8 Å². The maximum Gasteiger partial charge on any atom is 0.227 e. The molecule has 8 nitrogen and oxygen atoms in total. The van der Waals surface area contributed by atoms with Gasteiger partial charge >= 0.3 is 0 Å². The summed E-state index contributed by atoms with van der Waals surface area (Å²) in [5.41, 5.74) is 2.10. The maximum absolute atomic E-state index is 12.9. The Morgan fingerprint density at radius 3 is 2.69 bits per heavy atom. The van der Waals surface area contributed by atoms with Crippen LogP contribution < -0.4 is 0 Å². The number of piperidine rings is 1. The van der Waals surface area contributed by atoms with Crippen LogP contribution in [-0.4, -0.2) is 95.8 Å². The molecule has 0 bridgehead atoms. The zero-order valence-corrected chi connectivity index (χ0v) is 18.1. The quantitative estimate of drug-likeness (QED) is 0.643. The van der Waals surface area contributed by atoms with E-state index in [1.165, 1.54) is 0 Å². The lowest BCUT2D eigenvalue weighted by molar-refractivity contribution is -0.142. The number of likely N-dealkylation sites (tertiary alicyclic amines) is 1. The van der Waals surface area contributed by atoms with Gasteiger partial charge in [0, 0.05) is 58.4 Å². The second-order valence-electron chi connectivity index (χ2n) is 8.29. The standard InChI is InChI=1S/C21H35N5O3/c1-17-15-18(2)26(22-17)10-9-23(3)21(28)19-5-6-20(27)25(16-19)8-4-7-24-11-13-29-14-12-24/h15,19H,4-14,16H2,1-3H3/t19-/m1/s1. The van der Waals surface area contributed by atoms with Crippen molar-refractivity contribution in [3.05, 3.63) is 17.5 Å². The lowest BCUT2D eigenvalue weighted by Gasteiger charge is -2.34. The molecule has 0 aliphatic carbocycles. The fourth-order valence-corrected chi connectivity index (χ4v) is 4.21. The van der Waals surface area contributed by atoms with E-state index < -0.39 is 0 Å². The van der Waals surface area contributed by atoms with Crippen molar-refractivity contribution in [2.75, 3.05) is 59.5 Å². The van der Waals surface area contributed by atoms with Gasteiger partial charge in [-0.1, -0.05) is 0 Å². The molecule has 2 aliphatic heterocycles. The summed E-state index contributed by atoms with van der Waals surface area (Å²) in [6.45, 7) is 11.1. The van der Waals surface area contributed by atoms with Crippen molar-refractivity contribution >= 4 is 11.8 Å². The monoisotopic (exact) mass is 405 g/mol. The fraction of sp³-hybridized carbons (Fsp3) is 0.762. The number of hydrogen-bond donors (Lipinski definition) is 0. The Morgan fingerprint density at radius 2 is 2.00 bits per heavy atom. The van der Waals surface area contributed by atoms with Crippen LogP contribution in [0.3, 0.4) is 0 Å². The van der Waals surface area contributed by atoms with Gasteiger partial charge in [-0.2, -0.15) is 5.10 Å². The molecule has 1 aromatic heterocycles. The summed E-state index contributed by atoms with van der Waals surface area (Å²) >= 11 is 0. The predicted molar refractivity (Wildman–Crippen MR) is 111 cm³/mol. The van der Waals surface area contributed by atoms with Gasteiger partial charge in [0.2, 0.25) is 11.8 Å². The van der Waals surface area contributed by atoms with E-state index in [0.29, 0.717) is 32.5 Å². The van der Waals surface area contributed by atoms with Crippen LogP contribution in [0.15, 0.2) is 6.07 Å². The van der Waals surface area contributed by atoms with Crippen molar-refractivity contribution in [2.24, 2.45) is 5.92 Å². The average Bonchev–Trinajstić information content (AvgIpc) is 3.04. The van der Waals surface area contributed by atoms with Gasteiger partial charge < -0.3 is 14.5 Å². The highest BCUT2D eigenvalue weighted by atomic mass is 16.5. The van der Waals surface area contributed by atoms with E-state index in [1.807, 2.05) is 36.5 Å². The molecule has 2 fully saturated rings. The third-order valence-electron chi connectivity index (χ3n) is 5.98. The maximum atomic E-state index is 12.9. The van der Waals surface area contributed by atoms with E-state index >= 15 is 0 Å². The molecule has 0 radical (unpaired) electrons. The molecule has 2 aliphatic rings. The first-order valence-corrected chi connectivity index (χ1v) is 10.8. The molecule has 8 heteroatoms. The second-order valence-corrected chi connectivity index (χ2v) is 8.29. The normalized spacial score (nSPS) is 20.9. The minimum atomic E-state index is -0.0958. The van der Waals surface area contributed by atoms with Crippen LogP contribution in [0.1, 0.15) is 30.7 Å². The zero-order valence-electron chi connectivity index (χ0n) is 18.1. The molecule has 0 spiro atoms. The average molecular weight is 406 g/mol. The Morgan fingerprint density at radius 1 is 1.24 bits per heavy atom. The molecule has 0 saturated carbocycles. The molecule has 1 aromatic rings. The third kappa shape index (κ3) is 6.02. The topological polar surface area (TPSA) is 70.9 Å². The molecule has 3 heterocycles. The van der Waals surface area contributed by atoms with Crippen LogP contribution in [0.25, 0.3) is 0 Å². The highest BCUT2D eigenvalue weighted by molar-refractivity contribution is 5.83. The first-order chi connectivity index (χ1) is 13.9. The Hall–Kier alpha value is -1.93. The SMILES string of the molecule is Cc1cc(C)n(CCN(C)C(=O)[C@@H]2CCC(=O)N(CCCN3CCOCC3)C2)n1. The highest BCUT2D eigenvalue weighted by Gasteiger charge is 2.31. The van der Waals surface area contributed by atoms with E-state index in [2.05, 4.69) is 10.00 Å². The van der Waals surface area contributed by atoms with Crippen molar-refractivity contribution in [1.82, 2.24) is 24.5 Å². The molecule has 0 unspecified atom stereocenters. The largest absolute Gasteiger partial charge is 0.379 e. The van der Waals surface area contributed by atoms with Crippen LogP contribution in [0.5, 0.6) is 0 Å². The number of likely N-dealkylation sites (N-methyl/N-ethyl adjacent to an activating group) is 1. The zero-order chi connectivity index (χ0) is 20.8. The van der Waals surface area contributed by atoms with E-state index in [9.17, 15) is 9.59 Å². The second kappa shape index (κ2) is 10.2. The summed E-state index contributed by atoms with van der Waals surface area (Å²) < 4.78 is 7.32. The number of morpholine rings is 1. The van der Waals surface area contributed by atoms with Gasteiger partial charge in [0.05, 0.1) is 31.4 Å². The number of carbonyl (C=O) groups is 2. The number of aryl methyl sites for hydroxylation is 2. The van der Waals surface area contributed by atoms with Crippen molar-refractivity contribution < 1.29 is 14.3 Å². The molecule has 2 amide bonds. The summed E-state index contributed by atoms with van der Waals surface area (Å²) in [5, 5.41) is 4.46. The predicted octanol–water partition coefficient (Wildman–Crippen LogP) is 0.919. The molecule has 162 valence electrons. The molecule has 29 heavy (non-hydrogen) atoms. The highest BCUT2D eigenvalue weighted by Crippen LogP contribution is 2.20. The summed E-state index contributed by atoms with van der Waals surface area (Å²) in [6, 6.07) is 2.05. The van der Waals surface area contributed by atoms with Crippen LogP contribution in [0.2, 0.25) is 0 Å². The van der Waals surface area contributed by atoms with E-state index in [-0.39, 0.29) is 17.7 Å². The van der Waals surface area contributed by atoms with Crippen molar-refractivity contribution in [3.63, 3.8) is 0 Å².